The molecule has 2 aromatic rings. The van der Waals surface area contributed by atoms with Gasteiger partial charge in [-0.3, -0.25) is 4.79 Å². The van der Waals surface area contributed by atoms with E-state index in [2.05, 4.69) is 15.9 Å². The Labute approximate surface area is 137 Å². The molecule has 0 heterocycles. The molecule has 1 atom stereocenters. The number of aliphatic hydroxyl groups is 1. The number of rotatable bonds is 5. The predicted molar refractivity (Wildman–Crippen MR) is 87.2 cm³/mol. The lowest BCUT2D eigenvalue weighted by Crippen LogP contribution is -2.35. The number of halogens is 2. The fourth-order valence-corrected chi connectivity index (χ4v) is 2.63. The third-order valence-corrected chi connectivity index (χ3v) is 4.00. The molecule has 1 unspecified atom stereocenters. The van der Waals surface area contributed by atoms with E-state index in [0.717, 1.165) is 5.56 Å². The van der Waals surface area contributed by atoms with Gasteiger partial charge in [0, 0.05) is 24.5 Å². The Balaban J connectivity index is 2.00. The summed E-state index contributed by atoms with van der Waals surface area (Å²) in [5.74, 6) is -0.803. The molecule has 0 bridgehead atoms. The first-order chi connectivity index (χ1) is 10.5. The SMILES string of the molecule is CN(CC(O)Cc1ccccc1)C(=O)c1cc(F)ccc1Br. The van der Waals surface area contributed by atoms with E-state index in [1.807, 2.05) is 30.3 Å². The smallest absolute Gasteiger partial charge is 0.254 e. The van der Waals surface area contributed by atoms with E-state index in [9.17, 15) is 14.3 Å². The van der Waals surface area contributed by atoms with Crippen molar-refractivity contribution in [3.63, 3.8) is 0 Å². The van der Waals surface area contributed by atoms with Crippen LogP contribution in [0.25, 0.3) is 0 Å². The van der Waals surface area contributed by atoms with Crippen LogP contribution in [0.3, 0.4) is 0 Å². The molecule has 2 rings (SSSR count). The Morgan fingerprint density at radius 2 is 1.95 bits per heavy atom. The molecule has 0 aromatic heterocycles. The van der Waals surface area contributed by atoms with Gasteiger partial charge in [-0.05, 0) is 39.7 Å². The van der Waals surface area contributed by atoms with Gasteiger partial charge in [0.15, 0.2) is 0 Å². The van der Waals surface area contributed by atoms with Crippen molar-refractivity contribution < 1.29 is 14.3 Å². The van der Waals surface area contributed by atoms with Crippen molar-refractivity contribution in [1.82, 2.24) is 4.90 Å². The first kappa shape index (κ1) is 16.6. The van der Waals surface area contributed by atoms with Crippen LogP contribution in [0.15, 0.2) is 53.0 Å². The van der Waals surface area contributed by atoms with Crippen molar-refractivity contribution >= 4 is 21.8 Å². The fraction of sp³-hybridized carbons (Fsp3) is 0.235. The lowest BCUT2D eigenvalue weighted by molar-refractivity contribution is 0.0680. The summed E-state index contributed by atoms with van der Waals surface area (Å²) in [7, 11) is 1.59. The molecule has 1 N–H and O–H groups in total. The standard InChI is InChI=1S/C17H17BrFNO2/c1-20(11-14(21)9-12-5-3-2-4-6-12)17(22)15-10-13(19)7-8-16(15)18/h2-8,10,14,21H,9,11H2,1H3. The summed E-state index contributed by atoms with van der Waals surface area (Å²) in [5, 5.41) is 10.1. The molecule has 0 fully saturated rings. The lowest BCUT2D eigenvalue weighted by Gasteiger charge is -2.21. The number of nitrogens with zero attached hydrogens (tertiary/aromatic N) is 1. The number of likely N-dealkylation sites (N-methyl/N-ethyl adjacent to an activating group) is 1. The molecule has 0 aliphatic heterocycles. The van der Waals surface area contributed by atoms with Crippen LogP contribution in [0.1, 0.15) is 15.9 Å². The van der Waals surface area contributed by atoms with Gasteiger partial charge < -0.3 is 10.0 Å². The van der Waals surface area contributed by atoms with E-state index in [0.29, 0.717) is 10.9 Å². The van der Waals surface area contributed by atoms with Gasteiger partial charge in [0.2, 0.25) is 0 Å². The van der Waals surface area contributed by atoms with Gasteiger partial charge in [0.25, 0.3) is 5.91 Å². The summed E-state index contributed by atoms with van der Waals surface area (Å²) in [6, 6.07) is 13.5. The van der Waals surface area contributed by atoms with Gasteiger partial charge in [0.1, 0.15) is 5.82 Å². The van der Waals surface area contributed by atoms with Crippen LogP contribution >= 0.6 is 15.9 Å². The number of carbonyl (C=O) groups excluding carboxylic acids is 1. The van der Waals surface area contributed by atoms with Crippen LogP contribution in [0.2, 0.25) is 0 Å². The Morgan fingerprint density at radius 3 is 2.64 bits per heavy atom. The number of aliphatic hydroxyl groups excluding tert-OH is 1. The monoisotopic (exact) mass is 365 g/mol. The van der Waals surface area contributed by atoms with E-state index in [4.69, 9.17) is 0 Å². The second-order valence-corrected chi connectivity index (χ2v) is 6.01. The molecule has 22 heavy (non-hydrogen) atoms. The summed E-state index contributed by atoms with van der Waals surface area (Å²) in [6.45, 7) is 0.177. The normalized spacial score (nSPS) is 12.0. The zero-order valence-corrected chi connectivity index (χ0v) is 13.8. The molecule has 2 aromatic carbocycles. The van der Waals surface area contributed by atoms with Crippen molar-refractivity contribution in [2.75, 3.05) is 13.6 Å². The second kappa shape index (κ2) is 7.51. The molecule has 0 aliphatic rings. The van der Waals surface area contributed by atoms with Gasteiger partial charge in [-0.2, -0.15) is 0 Å². The maximum Gasteiger partial charge on any atom is 0.254 e. The van der Waals surface area contributed by atoms with E-state index in [1.54, 1.807) is 7.05 Å². The highest BCUT2D eigenvalue weighted by atomic mass is 79.9. The minimum absolute atomic E-state index is 0.177. The van der Waals surface area contributed by atoms with E-state index >= 15 is 0 Å². The highest BCUT2D eigenvalue weighted by Gasteiger charge is 2.18. The fourth-order valence-electron chi connectivity index (χ4n) is 2.22. The molecular formula is C17H17BrFNO2. The topological polar surface area (TPSA) is 40.5 Å². The zero-order chi connectivity index (χ0) is 16.1. The average molecular weight is 366 g/mol. The molecule has 5 heteroatoms. The molecule has 0 saturated carbocycles. The Bertz CT molecular complexity index is 648. The van der Waals surface area contributed by atoms with Crippen LogP contribution < -0.4 is 0 Å². The summed E-state index contributed by atoms with van der Waals surface area (Å²) in [6.07, 6.45) is -0.216. The number of benzene rings is 2. The van der Waals surface area contributed by atoms with Crippen LogP contribution in [0, 0.1) is 5.82 Å². The van der Waals surface area contributed by atoms with Crippen molar-refractivity contribution in [1.29, 1.82) is 0 Å². The first-order valence-corrected chi connectivity index (χ1v) is 7.69. The van der Waals surface area contributed by atoms with Crippen LogP contribution in [0.5, 0.6) is 0 Å². The number of amides is 1. The summed E-state index contributed by atoms with van der Waals surface area (Å²) in [5.41, 5.74) is 1.25. The first-order valence-electron chi connectivity index (χ1n) is 6.90. The molecular weight excluding hydrogens is 349 g/mol. The maximum atomic E-state index is 13.3. The molecule has 0 saturated heterocycles. The summed E-state index contributed by atoms with van der Waals surface area (Å²) >= 11 is 3.24. The van der Waals surface area contributed by atoms with Crippen molar-refractivity contribution in [3.8, 4) is 0 Å². The van der Waals surface area contributed by atoms with Gasteiger partial charge in [-0.25, -0.2) is 4.39 Å². The number of hydrogen-bond donors (Lipinski definition) is 1. The van der Waals surface area contributed by atoms with Gasteiger partial charge in [-0.1, -0.05) is 30.3 Å². The van der Waals surface area contributed by atoms with Crippen molar-refractivity contribution in [2.45, 2.75) is 12.5 Å². The van der Waals surface area contributed by atoms with Gasteiger partial charge in [-0.15, -0.1) is 0 Å². The van der Waals surface area contributed by atoms with Crippen LogP contribution in [-0.2, 0) is 6.42 Å². The minimum atomic E-state index is -0.677. The quantitative estimate of drug-likeness (QED) is 0.883. The van der Waals surface area contributed by atoms with E-state index in [-0.39, 0.29) is 18.0 Å². The molecule has 0 aliphatic carbocycles. The highest BCUT2D eigenvalue weighted by Crippen LogP contribution is 2.19. The van der Waals surface area contributed by atoms with Crippen molar-refractivity contribution in [2.24, 2.45) is 0 Å². The number of hydrogen-bond acceptors (Lipinski definition) is 2. The largest absolute Gasteiger partial charge is 0.391 e. The molecule has 3 nitrogen and oxygen atoms in total. The van der Waals surface area contributed by atoms with E-state index < -0.39 is 11.9 Å². The minimum Gasteiger partial charge on any atom is -0.391 e. The van der Waals surface area contributed by atoms with Gasteiger partial charge >= 0.3 is 0 Å². The molecule has 0 spiro atoms. The molecule has 1 amide bonds. The highest BCUT2D eigenvalue weighted by molar-refractivity contribution is 9.10. The van der Waals surface area contributed by atoms with E-state index in [1.165, 1.54) is 23.1 Å². The Morgan fingerprint density at radius 1 is 1.27 bits per heavy atom. The molecule has 0 radical (unpaired) electrons. The lowest BCUT2D eigenvalue weighted by atomic mass is 10.1. The molecule has 116 valence electrons. The van der Waals surface area contributed by atoms with Gasteiger partial charge in [0.05, 0.1) is 11.7 Å². The number of carbonyl (C=O) groups is 1. The third-order valence-electron chi connectivity index (χ3n) is 3.30. The van der Waals surface area contributed by atoms with Crippen molar-refractivity contribution in [3.05, 3.63) is 69.9 Å². The average Bonchev–Trinajstić information content (AvgIpc) is 2.49. The second-order valence-electron chi connectivity index (χ2n) is 5.15. The maximum absolute atomic E-state index is 13.3. The summed E-state index contributed by atoms with van der Waals surface area (Å²) < 4.78 is 13.8. The van der Waals surface area contributed by atoms with Crippen LogP contribution in [0.4, 0.5) is 4.39 Å². The van der Waals surface area contributed by atoms with Crippen LogP contribution in [-0.4, -0.2) is 35.6 Å². The predicted octanol–water partition coefficient (Wildman–Crippen LogP) is 3.26. The third kappa shape index (κ3) is 4.39. The summed E-state index contributed by atoms with van der Waals surface area (Å²) in [4.78, 5) is 13.7. The Hall–Kier alpha value is -1.72. The zero-order valence-electron chi connectivity index (χ0n) is 12.2. The Kier molecular flexibility index (Phi) is 5.69.